The number of nitrogens with one attached hydrogen (secondary N) is 1. The van der Waals surface area contributed by atoms with Gasteiger partial charge in [0.15, 0.2) is 0 Å². The lowest BCUT2D eigenvalue weighted by Crippen LogP contribution is -2.52. The van der Waals surface area contributed by atoms with Crippen molar-refractivity contribution in [2.45, 2.75) is 38.3 Å². The molecule has 0 aliphatic carbocycles. The molecule has 2 aromatic rings. The number of benzene rings is 2. The van der Waals surface area contributed by atoms with E-state index in [4.69, 9.17) is 4.55 Å². The maximum absolute atomic E-state index is 10.5. The summed E-state index contributed by atoms with van der Waals surface area (Å²) in [5.41, 5.74) is 2.38. The zero-order valence-corrected chi connectivity index (χ0v) is 17.1. The Hall–Kier alpha value is -1.73. The summed E-state index contributed by atoms with van der Waals surface area (Å²) >= 11 is 0. The van der Waals surface area contributed by atoms with Crippen molar-refractivity contribution in [1.29, 1.82) is 0 Å². The predicted molar refractivity (Wildman–Crippen MR) is 109 cm³/mol. The molecule has 5 nitrogen and oxygen atoms in total. The smallest absolute Gasteiger partial charge is 0.294 e. The second kappa shape index (κ2) is 9.99. The minimum atomic E-state index is -4.02. The Morgan fingerprint density at radius 1 is 1.11 bits per heavy atom. The van der Waals surface area contributed by atoms with E-state index in [0.29, 0.717) is 6.04 Å². The maximum Gasteiger partial charge on any atom is 0.294 e. The predicted octanol–water partition coefficient (Wildman–Crippen LogP) is 3.36. The van der Waals surface area contributed by atoms with Crippen LogP contribution >= 0.6 is 0 Å². The maximum atomic E-state index is 10.5. The Kier molecular flexibility index (Phi) is 7.98. The van der Waals surface area contributed by atoms with E-state index in [1.807, 2.05) is 6.92 Å². The summed E-state index contributed by atoms with van der Waals surface area (Å²) in [4.78, 5) is 2.54. The number of hydrogen-bond acceptors (Lipinski definition) is 4. The van der Waals surface area contributed by atoms with Crippen LogP contribution < -0.4 is 5.32 Å². The Labute approximate surface area is 163 Å². The molecule has 1 aliphatic heterocycles. The second-order valence-electron chi connectivity index (χ2n) is 7.26. The molecule has 1 heterocycles. The van der Waals surface area contributed by atoms with E-state index in [9.17, 15) is 8.42 Å². The highest BCUT2D eigenvalue weighted by atomic mass is 32.2. The molecule has 1 fully saturated rings. The highest BCUT2D eigenvalue weighted by molar-refractivity contribution is 7.85. The lowest BCUT2D eigenvalue weighted by atomic mass is 10.00. The molecule has 1 aliphatic rings. The van der Waals surface area contributed by atoms with Crippen molar-refractivity contribution in [3.8, 4) is 0 Å². The van der Waals surface area contributed by atoms with Gasteiger partial charge in [-0.1, -0.05) is 61.9 Å². The molecule has 0 amide bonds. The Bertz CT molecular complexity index is 790. The summed E-state index contributed by atoms with van der Waals surface area (Å²) < 4.78 is 29.6. The minimum absolute atomic E-state index is 0.0666. The number of piperazine rings is 1. The highest BCUT2D eigenvalue weighted by Gasteiger charge is 2.24. The SMILES string of the molecule is CC(C)C1CNCCN1Cc1ccccc1.Cc1ccc(S(=O)(=O)O)cc1. The third-order valence-electron chi connectivity index (χ3n) is 4.72. The van der Waals surface area contributed by atoms with Crippen molar-refractivity contribution in [2.24, 2.45) is 5.92 Å². The van der Waals surface area contributed by atoms with Gasteiger partial charge in [0.05, 0.1) is 4.90 Å². The topological polar surface area (TPSA) is 69.6 Å². The summed E-state index contributed by atoms with van der Waals surface area (Å²) in [5, 5.41) is 3.49. The van der Waals surface area contributed by atoms with E-state index in [1.165, 1.54) is 17.7 Å². The molecule has 3 rings (SSSR count). The van der Waals surface area contributed by atoms with Crippen LogP contribution in [-0.2, 0) is 16.7 Å². The third-order valence-corrected chi connectivity index (χ3v) is 5.58. The van der Waals surface area contributed by atoms with Gasteiger partial charge in [0.1, 0.15) is 0 Å². The molecule has 0 bridgehead atoms. The van der Waals surface area contributed by atoms with Gasteiger partial charge in [-0.15, -0.1) is 0 Å². The van der Waals surface area contributed by atoms with E-state index >= 15 is 0 Å². The van der Waals surface area contributed by atoms with Crippen LogP contribution in [0.3, 0.4) is 0 Å². The van der Waals surface area contributed by atoms with Crippen LogP contribution in [0.25, 0.3) is 0 Å². The number of aryl methyl sites for hydroxylation is 1. The summed E-state index contributed by atoms with van der Waals surface area (Å²) in [7, 11) is -4.02. The lowest BCUT2D eigenvalue weighted by Gasteiger charge is -2.38. The van der Waals surface area contributed by atoms with E-state index in [-0.39, 0.29) is 4.90 Å². The zero-order chi connectivity index (χ0) is 19.9. The lowest BCUT2D eigenvalue weighted by molar-refractivity contribution is 0.117. The first kappa shape index (κ1) is 21.6. The van der Waals surface area contributed by atoms with Gasteiger partial charge in [0.25, 0.3) is 10.1 Å². The largest absolute Gasteiger partial charge is 0.314 e. The fraction of sp³-hybridized carbons (Fsp3) is 0.429. The van der Waals surface area contributed by atoms with Gasteiger partial charge >= 0.3 is 0 Å². The van der Waals surface area contributed by atoms with Gasteiger partial charge in [-0.05, 0) is 30.5 Å². The van der Waals surface area contributed by atoms with Crippen molar-refractivity contribution in [1.82, 2.24) is 10.2 Å². The van der Waals surface area contributed by atoms with E-state index in [1.54, 1.807) is 12.1 Å². The fourth-order valence-electron chi connectivity index (χ4n) is 3.15. The third kappa shape index (κ3) is 7.07. The molecule has 1 unspecified atom stereocenters. The quantitative estimate of drug-likeness (QED) is 0.784. The second-order valence-corrected chi connectivity index (χ2v) is 8.68. The molecular formula is C21H30N2O3S. The summed E-state index contributed by atoms with van der Waals surface area (Å²) in [6.07, 6.45) is 0. The van der Waals surface area contributed by atoms with Crippen molar-refractivity contribution in [2.75, 3.05) is 19.6 Å². The van der Waals surface area contributed by atoms with Crippen molar-refractivity contribution in [3.63, 3.8) is 0 Å². The van der Waals surface area contributed by atoms with Gasteiger partial charge in [-0.2, -0.15) is 8.42 Å². The van der Waals surface area contributed by atoms with Crippen LogP contribution in [0.1, 0.15) is 25.0 Å². The van der Waals surface area contributed by atoms with Crippen molar-refractivity contribution >= 4 is 10.1 Å². The summed E-state index contributed by atoms with van der Waals surface area (Å²) in [6.45, 7) is 11.0. The zero-order valence-electron chi connectivity index (χ0n) is 16.3. The highest BCUT2D eigenvalue weighted by Crippen LogP contribution is 2.16. The molecule has 0 spiro atoms. The van der Waals surface area contributed by atoms with Crippen LogP contribution in [0.5, 0.6) is 0 Å². The van der Waals surface area contributed by atoms with Crippen molar-refractivity contribution < 1.29 is 13.0 Å². The average Bonchev–Trinajstić information content (AvgIpc) is 2.63. The molecule has 1 saturated heterocycles. The molecule has 2 N–H and O–H groups in total. The first-order valence-corrected chi connectivity index (χ1v) is 10.7. The number of rotatable bonds is 4. The molecule has 0 aromatic heterocycles. The summed E-state index contributed by atoms with van der Waals surface area (Å²) in [5.74, 6) is 0.719. The van der Waals surface area contributed by atoms with Gasteiger partial charge in [-0.3, -0.25) is 9.45 Å². The standard InChI is InChI=1S/C14H22N2.C7H8O3S/c1-12(2)14-10-15-8-9-16(14)11-13-6-4-3-5-7-13;1-6-2-4-7(5-3-6)11(8,9)10/h3-7,12,14-15H,8-11H2,1-2H3;2-5H,1H3,(H,8,9,10). The van der Waals surface area contributed by atoms with Gasteiger partial charge in [-0.25, -0.2) is 0 Å². The minimum Gasteiger partial charge on any atom is -0.314 e. The van der Waals surface area contributed by atoms with E-state index in [2.05, 4.69) is 54.4 Å². The fourth-order valence-corrected chi connectivity index (χ4v) is 3.63. The Morgan fingerprint density at radius 2 is 1.74 bits per heavy atom. The molecule has 0 radical (unpaired) electrons. The molecule has 6 heteroatoms. The van der Waals surface area contributed by atoms with Gasteiger partial charge < -0.3 is 5.32 Å². The summed E-state index contributed by atoms with van der Waals surface area (Å²) in [6, 6.07) is 17.4. The van der Waals surface area contributed by atoms with E-state index < -0.39 is 10.1 Å². The number of nitrogens with zero attached hydrogens (tertiary/aromatic N) is 1. The first-order chi connectivity index (χ1) is 12.8. The molecular weight excluding hydrogens is 360 g/mol. The molecule has 1 atom stereocenters. The van der Waals surface area contributed by atoms with Crippen molar-refractivity contribution in [3.05, 3.63) is 65.7 Å². The Balaban J connectivity index is 0.000000208. The van der Waals surface area contributed by atoms with Crippen LogP contribution in [0.2, 0.25) is 0 Å². The number of hydrogen-bond donors (Lipinski definition) is 2. The molecule has 2 aromatic carbocycles. The van der Waals surface area contributed by atoms with Gasteiger partial charge in [0.2, 0.25) is 0 Å². The first-order valence-electron chi connectivity index (χ1n) is 9.30. The van der Waals surface area contributed by atoms with Crippen LogP contribution in [-0.4, -0.2) is 43.5 Å². The Morgan fingerprint density at radius 3 is 2.30 bits per heavy atom. The monoisotopic (exact) mass is 390 g/mol. The molecule has 0 saturated carbocycles. The van der Waals surface area contributed by atoms with Gasteiger partial charge in [0, 0.05) is 32.2 Å². The van der Waals surface area contributed by atoms with Crippen LogP contribution in [0.4, 0.5) is 0 Å². The normalized spacial score (nSPS) is 18.0. The molecule has 27 heavy (non-hydrogen) atoms. The average molecular weight is 391 g/mol. The molecule has 148 valence electrons. The van der Waals surface area contributed by atoms with Crippen LogP contribution in [0, 0.1) is 12.8 Å². The van der Waals surface area contributed by atoms with Crippen LogP contribution in [0.15, 0.2) is 59.5 Å². The van der Waals surface area contributed by atoms with E-state index in [0.717, 1.165) is 37.7 Å².